The molecule has 0 aliphatic heterocycles. The molecular weight excluding hydrogens is 434 g/mol. The molecule has 0 unspecified atom stereocenters. The maximum atomic E-state index is 12.6. The van der Waals surface area contributed by atoms with Gasteiger partial charge in [0.25, 0.3) is 10.0 Å². The van der Waals surface area contributed by atoms with E-state index in [4.69, 9.17) is 8.94 Å². The van der Waals surface area contributed by atoms with E-state index in [0.29, 0.717) is 39.0 Å². The highest BCUT2D eigenvalue weighted by Crippen LogP contribution is 2.27. The van der Waals surface area contributed by atoms with Crippen molar-refractivity contribution in [2.75, 3.05) is 10.0 Å². The van der Waals surface area contributed by atoms with Gasteiger partial charge < -0.3 is 19.4 Å². The number of hydrogen-bond acceptors (Lipinski definition) is 8. The Labute approximate surface area is 183 Å². The summed E-state index contributed by atoms with van der Waals surface area (Å²) >= 11 is 0. The molecule has 2 aromatic heterocycles. The van der Waals surface area contributed by atoms with Crippen LogP contribution in [-0.4, -0.2) is 18.7 Å². The first-order valence-corrected chi connectivity index (χ1v) is 11.2. The van der Waals surface area contributed by atoms with Gasteiger partial charge in [0, 0.05) is 29.2 Å². The summed E-state index contributed by atoms with van der Waals surface area (Å²) in [7, 11) is -3.84. The Morgan fingerprint density at radius 3 is 2.44 bits per heavy atom. The second-order valence-electron chi connectivity index (χ2n) is 7.43. The minimum atomic E-state index is -3.84. The van der Waals surface area contributed by atoms with Gasteiger partial charge in [0.2, 0.25) is 5.88 Å². The molecule has 9 nitrogen and oxygen atoms in total. The van der Waals surface area contributed by atoms with Gasteiger partial charge in [-0.05, 0) is 68.3 Å². The van der Waals surface area contributed by atoms with E-state index in [2.05, 4.69) is 15.2 Å². The van der Waals surface area contributed by atoms with Gasteiger partial charge in [-0.2, -0.15) is 0 Å². The van der Waals surface area contributed by atoms with E-state index in [1.807, 2.05) is 0 Å². The van der Waals surface area contributed by atoms with E-state index in [-0.39, 0.29) is 23.1 Å². The summed E-state index contributed by atoms with van der Waals surface area (Å²) in [5.74, 6) is 0.185. The monoisotopic (exact) mass is 455 g/mol. The number of phenols is 1. The van der Waals surface area contributed by atoms with Crippen LogP contribution >= 0.6 is 0 Å². The molecule has 4 rings (SSSR count). The van der Waals surface area contributed by atoms with Gasteiger partial charge in [-0.15, -0.1) is 0 Å². The van der Waals surface area contributed by atoms with Crippen LogP contribution in [-0.2, 0) is 16.6 Å². The molecule has 10 heteroatoms. The Hall–Kier alpha value is -3.79. The Bertz CT molecular complexity index is 1470. The van der Waals surface area contributed by atoms with Crippen molar-refractivity contribution in [3.8, 4) is 5.75 Å². The Morgan fingerprint density at radius 1 is 1.06 bits per heavy atom. The highest BCUT2D eigenvalue weighted by molar-refractivity contribution is 7.92. The van der Waals surface area contributed by atoms with Crippen LogP contribution in [0, 0.1) is 20.8 Å². The van der Waals surface area contributed by atoms with Crippen LogP contribution in [0.15, 0.2) is 61.1 Å². The van der Waals surface area contributed by atoms with Crippen LogP contribution < -0.4 is 15.7 Å². The quantitative estimate of drug-likeness (QED) is 0.374. The fourth-order valence-electron chi connectivity index (χ4n) is 3.15. The number of nitrogens with one attached hydrogen (secondary N) is 2. The summed E-state index contributed by atoms with van der Waals surface area (Å²) in [5.41, 5.74) is 3.00. The molecule has 0 bridgehead atoms. The molecular formula is C22H21N3O6S. The first kappa shape index (κ1) is 21.4. The van der Waals surface area contributed by atoms with Crippen LogP contribution in [0.3, 0.4) is 0 Å². The van der Waals surface area contributed by atoms with E-state index in [1.165, 1.54) is 18.2 Å². The predicted octanol–water partition coefficient (Wildman–Crippen LogP) is 3.82. The number of hydrogen-bond donors (Lipinski definition) is 3. The van der Waals surface area contributed by atoms with Gasteiger partial charge in [-0.1, -0.05) is 5.16 Å². The lowest BCUT2D eigenvalue weighted by Gasteiger charge is -2.11. The van der Waals surface area contributed by atoms with E-state index < -0.39 is 15.6 Å². The lowest BCUT2D eigenvalue weighted by atomic mass is 10.1. The Kier molecular flexibility index (Phi) is 5.39. The molecule has 166 valence electrons. The minimum absolute atomic E-state index is 0.0581. The first-order valence-electron chi connectivity index (χ1n) is 9.70. The number of nitrogens with zero attached hydrogens (tertiary/aromatic N) is 1. The summed E-state index contributed by atoms with van der Waals surface area (Å²) in [6, 6.07) is 10.7. The zero-order valence-corrected chi connectivity index (χ0v) is 18.4. The minimum Gasteiger partial charge on any atom is -0.508 e. The smallest absolute Gasteiger partial charge is 0.336 e. The molecule has 2 heterocycles. The number of sulfonamides is 1. The number of phenolic OH excluding ortho intramolecular Hbond substituents is 1. The normalized spacial score (nSPS) is 11.6. The van der Waals surface area contributed by atoms with E-state index >= 15 is 0 Å². The zero-order valence-electron chi connectivity index (χ0n) is 17.6. The van der Waals surface area contributed by atoms with Crippen LogP contribution in [0.1, 0.15) is 22.4 Å². The zero-order chi connectivity index (χ0) is 23.0. The molecule has 32 heavy (non-hydrogen) atoms. The molecule has 0 radical (unpaired) electrons. The van der Waals surface area contributed by atoms with Crippen molar-refractivity contribution in [3.05, 3.63) is 75.3 Å². The van der Waals surface area contributed by atoms with Crippen molar-refractivity contribution < 1.29 is 22.5 Å². The molecule has 0 saturated carbocycles. The number of fused-ring (bicyclic) bond motifs is 1. The summed E-state index contributed by atoms with van der Waals surface area (Å²) in [5, 5.41) is 17.5. The molecule has 2 aromatic carbocycles. The fraction of sp³-hybridized carbons (Fsp3) is 0.182. The molecule has 0 fully saturated rings. The average molecular weight is 455 g/mol. The SMILES string of the molecule is Cc1cc2oc(=O)cc(CNc3ccc(S(=O)(=O)Nc4onc(C)c4C)cc3)c2cc1O. The third kappa shape index (κ3) is 4.17. The molecule has 0 saturated heterocycles. The third-order valence-electron chi connectivity index (χ3n) is 5.18. The molecule has 0 aliphatic rings. The van der Waals surface area contributed by atoms with Crippen molar-refractivity contribution in [3.63, 3.8) is 0 Å². The second-order valence-corrected chi connectivity index (χ2v) is 9.11. The summed E-state index contributed by atoms with van der Waals surface area (Å²) < 4.78 is 37.9. The number of benzene rings is 2. The molecule has 0 atom stereocenters. The standard InChI is InChI=1S/C22H21N3O6S/c1-12-8-20-18(10-19(12)26)15(9-21(27)30-20)11-23-16-4-6-17(7-5-16)32(28,29)25-22-13(2)14(3)24-31-22/h4-10,23,25-26H,11H2,1-3H3. The lowest BCUT2D eigenvalue weighted by molar-refractivity contribution is 0.430. The summed E-state index contributed by atoms with van der Waals surface area (Å²) in [6.07, 6.45) is 0. The number of aromatic hydroxyl groups is 1. The van der Waals surface area contributed by atoms with Crippen LogP contribution in [0.25, 0.3) is 11.0 Å². The van der Waals surface area contributed by atoms with Crippen molar-refractivity contribution in [1.82, 2.24) is 5.16 Å². The average Bonchev–Trinajstić information content (AvgIpc) is 3.05. The Balaban J connectivity index is 1.53. The fourth-order valence-corrected chi connectivity index (χ4v) is 4.20. The molecule has 0 spiro atoms. The third-order valence-corrected chi connectivity index (χ3v) is 6.53. The molecule has 0 aliphatic carbocycles. The topological polar surface area (TPSA) is 135 Å². The number of anilines is 2. The van der Waals surface area contributed by atoms with Crippen molar-refractivity contribution in [2.24, 2.45) is 0 Å². The maximum absolute atomic E-state index is 12.6. The largest absolute Gasteiger partial charge is 0.508 e. The highest BCUT2D eigenvalue weighted by atomic mass is 32.2. The summed E-state index contributed by atoms with van der Waals surface area (Å²) in [4.78, 5) is 12.0. The number of rotatable bonds is 6. The van der Waals surface area contributed by atoms with Gasteiger partial charge >= 0.3 is 5.63 Å². The van der Waals surface area contributed by atoms with Gasteiger partial charge in [0.1, 0.15) is 11.3 Å². The molecule has 0 amide bonds. The van der Waals surface area contributed by atoms with Gasteiger partial charge in [-0.3, -0.25) is 0 Å². The summed E-state index contributed by atoms with van der Waals surface area (Å²) in [6.45, 7) is 5.42. The predicted molar refractivity (Wildman–Crippen MR) is 119 cm³/mol. The number of aryl methyl sites for hydroxylation is 2. The van der Waals surface area contributed by atoms with Gasteiger partial charge in [0.15, 0.2) is 0 Å². The van der Waals surface area contributed by atoms with Crippen molar-refractivity contribution >= 4 is 32.6 Å². The van der Waals surface area contributed by atoms with Crippen LogP contribution in [0.4, 0.5) is 11.6 Å². The van der Waals surface area contributed by atoms with Crippen LogP contribution in [0.5, 0.6) is 5.75 Å². The van der Waals surface area contributed by atoms with E-state index in [9.17, 15) is 18.3 Å². The second kappa shape index (κ2) is 8.04. The highest BCUT2D eigenvalue weighted by Gasteiger charge is 2.19. The maximum Gasteiger partial charge on any atom is 0.336 e. The van der Waals surface area contributed by atoms with E-state index in [0.717, 1.165) is 0 Å². The molecule has 3 N–H and O–H groups in total. The van der Waals surface area contributed by atoms with Crippen molar-refractivity contribution in [1.29, 1.82) is 0 Å². The van der Waals surface area contributed by atoms with Crippen molar-refractivity contribution in [2.45, 2.75) is 32.2 Å². The number of aromatic nitrogens is 1. The Morgan fingerprint density at radius 2 is 1.78 bits per heavy atom. The van der Waals surface area contributed by atoms with Crippen LogP contribution in [0.2, 0.25) is 0 Å². The lowest BCUT2D eigenvalue weighted by Crippen LogP contribution is -2.13. The van der Waals surface area contributed by atoms with Gasteiger partial charge in [0.05, 0.1) is 10.6 Å². The first-order chi connectivity index (χ1) is 15.1. The van der Waals surface area contributed by atoms with Gasteiger partial charge in [-0.25, -0.2) is 17.9 Å². The van der Waals surface area contributed by atoms with E-state index in [1.54, 1.807) is 45.0 Å². The molecule has 4 aromatic rings.